The molecule has 0 radical (unpaired) electrons. The molecule has 0 aromatic carbocycles. The number of hydrogen-bond donors (Lipinski definition) is 2. The Morgan fingerprint density at radius 1 is 1.88 bits per heavy atom. The molecule has 5 heteroatoms. The number of ether oxygens (including phenoxy) is 1. The number of hydroxylamine groups is 1. The van der Waals surface area contributed by atoms with Crippen molar-refractivity contribution in [3.05, 3.63) is 0 Å². The highest BCUT2D eigenvalue weighted by Gasteiger charge is 2.02. The fourth-order valence-corrected chi connectivity index (χ4v) is 0.305. The first-order chi connectivity index (χ1) is 3.81. The molecule has 0 aromatic heterocycles. The fourth-order valence-electron chi connectivity index (χ4n) is 0.219. The zero-order chi connectivity index (χ0) is 6.41. The Balaban J connectivity index is 3.06. The molecular weight excluding hydrogens is 130 g/mol. The van der Waals surface area contributed by atoms with Crippen LogP contribution in [0.3, 0.4) is 0 Å². The van der Waals surface area contributed by atoms with Crippen molar-refractivity contribution >= 4 is 19.0 Å². The van der Waals surface area contributed by atoms with E-state index < -0.39 is 6.09 Å². The molecule has 2 N–H and O–H groups in total. The molecule has 0 saturated carbocycles. The van der Waals surface area contributed by atoms with Gasteiger partial charge in [-0.15, -0.1) is 4.28 Å². The summed E-state index contributed by atoms with van der Waals surface area (Å²) in [4.78, 5) is 10.2. The van der Waals surface area contributed by atoms with Gasteiger partial charge in [0.15, 0.2) is 0 Å². The Labute approximate surface area is 52.7 Å². The first-order valence-electron chi connectivity index (χ1n) is 2.11. The number of quaternary nitrogens is 1. The van der Waals surface area contributed by atoms with Crippen LogP contribution in [0.1, 0.15) is 6.92 Å². The Kier molecular flexibility index (Phi) is 4.73. The van der Waals surface area contributed by atoms with Gasteiger partial charge in [-0.05, 0) is 6.92 Å². The lowest BCUT2D eigenvalue weighted by Crippen LogP contribution is -2.85. The van der Waals surface area contributed by atoms with Crippen LogP contribution in [0, 0.1) is 0 Å². The summed E-state index contributed by atoms with van der Waals surface area (Å²) in [6, 6.07) is 0. The Morgan fingerprint density at radius 3 is 2.88 bits per heavy atom. The summed E-state index contributed by atoms with van der Waals surface area (Å²) >= 11 is 3.30. The molecule has 0 unspecified atom stereocenters. The normalized spacial score (nSPS) is 8.75. The smallest absolute Gasteiger partial charge is 0.418 e. The highest BCUT2D eigenvalue weighted by Crippen LogP contribution is 1.67. The van der Waals surface area contributed by atoms with Gasteiger partial charge in [0.25, 0.3) is 0 Å². The molecule has 0 saturated heterocycles. The van der Waals surface area contributed by atoms with Crippen molar-refractivity contribution in [3.8, 4) is 0 Å². The average Bonchev–Trinajstić information content (AvgIpc) is 1.68. The number of rotatable bonds is 2. The highest BCUT2D eigenvalue weighted by molar-refractivity contribution is 7.74. The molecule has 4 nitrogen and oxygen atoms in total. The van der Waals surface area contributed by atoms with Gasteiger partial charge >= 0.3 is 6.09 Å². The average molecular weight is 138 g/mol. The van der Waals surface area contributed by atoms with Crippen LogP contribution in [0.25, 0.3) is 0 Å². The van der Waals surface area contributed by atoms with Gasteiger partial charge in [-0.3, -0.25) is 0 Å². The number of nitrogens with two attached hydrogens (primary N) is 1. The SMILES string of the molecule is CCOC(=O)[NH2+]OS. The Bertz CT molecular complexity index is 68.9. The van der Waals surface area contributed by atoms with Gasteiger partial charge < -0.3 is 4.74 Å². The third-order valence-corrected chi connectivity index (χ3v) is 0.541. The maximum Gasteiger partial charge on any atom is 0.547 e. The van der Waals surface area contributed by atoms with Crippen LogP contribution in [0.15, 0.2) is 0 Å². The van der Waals surface area contributed by atoms with E-state index in [9.17, 15) is 4.79 Å². The molecule has 0 fully saturated rings. The Hall–Kier alpha value is -0.260. The van der Waals surface area contributed by atoms with Crippen LogP contribution in [0.2, 0.25) is 0 Å². The fraction of sp³-hybridized carbons (Fsp3) is 0.667. The maximum atomic E-state index is 10.2. The van der Waals surface area contributed by atoms with Crippen LogP contribution in [-0.4, -0.2) is 12.7 Å². The van der Waals surface area contributed by atoms with Crippen LogP contribution in [-0.2, 0) is 9.02 Å². The van der Waals surface area contributed by atoms with Gasteiger partial charge in [0.2, 0.25) is 0 Å². The second-order valence-corrected chi connectivity index (χ2v) is 1.19. The van der Waals surface area contributed by atoms with Gasteiger partial charge in [-0.1, -0.05) is 5.48 Å². The van der Waals surface area contributed by atoms with Crippen molar-refractivity contribution in [2.24, 2.45) is 0 Å². The molecule has 0 aliphatic heterocycles. The molecule has 8 heavy (non-hydrogen) atoms. The number of hydrogen-bond acceptors (Lipinski definition) is 4. The zero-order valence-corrected chi connectivity index (χ0v) is 5.35. The predicted molar refractivity (Wildman–Crippen MR) is 29.0 cm³/mol. The lowest BCUT2D eigenvalue weighted by Gasteiger charge is -1.91. The zero-order valence-electron chi connectivity index (χ0n) is 4.46. The minimum Gasteiger partial charge on any atom is -0.418 e. The summed E-state index contributed by atoms with van der Waals surface area (Å²) in [5.74, 6) is 0. The van der Waals surface area contributed by atoms with Crippen molar-refractivity contribution in [3.63, 3.8) is 0 Å². The van der Waals surface area contributed by atoms with Crippen LogP contribution >= 0.6 is 12.9 Å². The van der Waals surface area contributed by atoms with Crippen molar-refractivity contribution in [1.82, 2.24) is 0 Å². The third kappa shape index (κ3) is 3.91. The van der Waals surface area contributed by atoms with Crippen molar-refractivity contribution in [2.75, 3.05) is 6.61 Å². The van der Waals surface area contributed by atoms with E-state index in [1.165, 1.54) is 0 Å². The van der Waals surface area contributed by atoms with E-state index in [1.807, 2.05) is 0 Å². The molecule has 0 aliphatic rings. The van der Waals surface area contributed by atoms with E-state index in [2.05, 4.69) is 21.9 Å². The minimum atomic E-state index is -0.512. The van der Waals surface area contributed by atoms with E-state index in [0.717, 1.165) is 5.48 Å². The second-order valence-electron chi connectivity index (χ2n) is 0.975. The summed E-state index contributed by atoms with van der Waals surface area (Å²) in [6.45, 7) is 2.07. The molecule has 48 valence electrons. The standard InChI is InChI=1S/C3H7NO3S/c1-2-6-3(5)4-7-8/h8H,2H2,1H3,(H,4,5)/p+1. The summed E-state index contributed by atoms with van der Waals surface area (Å²) in [7, 11) is 0. The van der Waals surface area contributed by atoms with Gasteiger partial charge in [0.1, 0.15) is 0 Å². The summed E-state index contributed by atoms with van der Waals surface area (Å²) in [5, 5.41) is 0. The molecule has 0 rings (SSSR count). The molecule has 0 atom stereocenters. The lowest BCUT2D eigenvalue weighted by molar-refractivity contribution is -0.783. The number of carbonyl (C=O) groups is 1. The van der Waals surface area contributed by atoms with Crippen molar-refractivity contribution in [1.29, 1.82) is 0 Å². The van der Waals surface area contributed by atoms with E-state index in [-0.39, 0.29) is 0 Å². The lowest BCUT2D eigenvalue weighted by atomic mass is 10.9. The van der Waals surface area contributed by atoms with Crippen molar-refractivity contribution < 1.29 is 19.3 Å². The number of primary amides is 1. The molecule has 0 heterocycles. The van der Waals surface area contributed by atoms with Gasteiger partial charge in [-0.2, -0.15) is 4.79 Å². The minimum absolute atomic E-state index is 0.354. The molecule has 0 bridgehead atoms. The number of carbonyl (C=O) groups excluding carboxylic acids is 1. The largest absolute Gasteiger partial charge is 0.547 e. The molecular formula is C3H8NO3S+. The van der Waals surface area contributed by atoms with E-state index in [1.54, 1.807) is 6.92 Å². The Morgan fingerprint density at radius 2 is 2.50 bits per heavy atom. The maximum absolute atomic E-state index is 10.2. The van der Waals surface area contributed by atoms with Crippen LogP contribution < -0.4 is 5.48 Å². The van der Waals surface area contributed by atoms with Gasteiger partial charge in [0.05, 0.1) is 6.61 Å². The van der Waals surface area contributed by atoms with Crippen LogP contribution in [0.4, 0.5) is 4.79 Å². The van der Waals surface area contributed by atoms with Gasteiger partial charge in [-0.25, -0.2) is 0 Å². The molecule has 0 spiro atoms. The highest BCUT2D eigenvalue weighted by atomic mass is 32.1. The van der Waals surface area contributed by atoms with E-state index in [0.29, 0.717) is 6.61 Å². The first kappa shape index (κ1) is 7.74. The monoisotopic (exact) mass is 138 g/mol. The second kappa shape index (κ2) is 4.89. The third-order valence-electron chi connectivity index (χ3n) is 0.436. The van der Waals surface area contributed by atoms with E-state index in [4.69, 9.17) is 0 Å². The molecule has 1 amide bonds. The summed E-state index contributed by atoms with van der Waals surface area (Å²) in [6.07, 6.45) is -0.512. The number of amides is 1. The molecule has 0 aromatic rings. The quantitative estimate of drug-likeness (QED) is 0.307. The van der Waals surface area contributed by atoms with Crippen molar-refractivity contribution in [2.45, 2.75) is 6.92 Å². The summed E-state index contributed by atoms with van der Waals surface area (Å²) < 4.78 is 8.46. The van der Waals surface area contributed by atoms with Crippen LogP contribution in [0.5, 0.6) is 0 Å². The first-order valence-corrected chi connectivity index (χ1v) is 2.48. The van der Waals surface area contributed by atoms with E-state index >= 15 is 0 Å². The number of thiol groups is 1. The topological polar surface area (TPSA) is 52.1 Å². The predicted octanol–water partition coefficient (Wildman–Crippen LogP) is -0.517. The summed E-state index contributed by atoms with van der Waals surface area (Å²) in [5.41, 5.74) is 0.882. The van der Waals surface area contributed by atoms with Gasteiger partial charge in [0, 0.05) is 12.9 Å². The molecule has 0 aliphatic carbocycles.